The molecule has 0 unspecified atom stereocenters. The summed E-state index contributed by atoms with van der Waals surface area (Å²) in [5.74, 6) is 1.18. The van der Waals surface area contributed by atoms with E-state index in [1.807, 2.05) is 25.2 Å². The predicted octanol–water partition coefficient (Wildman–Crippen LogP) is 4.77. The van der Waals surface area contributed by atoms with Gasteiger partial charge in [-0.15, -0.1) is 0 Å². The molecule has 1 fully saturated rings. The highest BCUT2D eigenvalue weighted by Crippen LogP contribution is 2.41. The van der Waals surface area contributed by atoms with Crippen LogP contribution < -0.4 is 20.7 Å². The van der Waals surface area contributed by atoms with E-state index in [-0.39, 0.29) is 0 Å². The van der Waals surface area contributed by atoms with E-state index < -0.39 is 0 Å². The van der Waals surface area contributed by atoms with Gasteiger partial charge in [0.2, 0.25) is 5.95 Å². The molecule has 5 rings (SSSR count). The number of nitrogens with zero attached hydrogens (tertiary/aromatic N) is 5. The van der Waals surface area contributed by atoms with Gasteiger partial charge in [-0.2, -0.15) is 0 Å². The second-order valence-electron chi connectivity index (χ2n) is 9.42. The molecule has 0 aliphatic heterocycles. The molecule has 1 saturated carbocycles. The van der Waals surface area contributed by atoms with Gasteiger partial charge in [-0.05, 0) is 45.1 Å². The molecule has 0 atom stereocenters. The Morgan fingerprint density at radius 3 is 2.66 bits per heavy atom. The lowest BCUT2D eigenvalue weighted by atomic mass is 10.1. The maximum absolute atomic E-state index is 6.43. The first kappa shape index (κ1) is 23.0. The van der Waals surface area contributed by atoms with E-state index in [0.717, 1.165) is 35.7 Å². The van der Waals surface area contributed by atoms with E-state index >= 15 is 0 Å². The van der Waals surface area contributed by atoms with E-state index in [1.54, 1.807) is 13.3 Å². The summed E-state index contributed by atoms with van der Waals surface area (Å²) in [6.07, 6.45) is 6.48. The molecule has 0 spiro atoms. The lowest BCUT2D eigenvalue weighted by molar-refractivity contribution is 0.413. The smallest absolute Gasteiger partial charge is 0.227 e. The molecule has 0 bridgehead atoms. The number of nitrogens with two attached hydrogens (primary N) is 1. The average Bonchev–Trinajstić information content (AvgIpc) is 3.63. The number of anilines is 4. The fourth-order valence-corrected chi connectivity index (χ4v) is 4.41. The summed E-state index contributed by atoms with van der Waals surface area (Å²) in [6.45, 7) is 1.78. The van der Waals surface area contributed by atoms with Crippen LogP contribution in [0.4, 0.5) is 23.0 Å². The van der Waals surface area contributed by atoms with Crippen molar-refractivity contribution in [3.05, 3.63) is 54.9 Å². The normalized spacial score (nSPS) is 13.4. The molecule has 0 radical (unpaired) electrons. The number of nitrogen functional groups attached to an aromatic ring is 1. The highest BCUT2D eigenvalue weighted by atomic mass is 16.5. The van der Waals surface area contributed by atoms with Gasteiger partial charge in [-0.1, -0.05) is 18.2 Å². The highest BCUT2D eigenvalue weighted by molar-refractivity contribution is 5.95. The summed E-state index contributed by atoms with van der Waals surface area (Å²) in [6, 6.07) is 14.9. The summed E-state index contributed by atoms with van der Waals surface area (Å²) in [7, 11) is 7.81. The van der Waals surface area contributed by atoms with Gasteiger partial charge in [0.25, 0.3) is 0 Å². The summed E-state index contributed by atoms with van der Waals surface area (Å²) in [4.78, 5) is 13.6. The number of benzene rings is 2. The Morgan fingerprint density at radius 1 is 1.11 bits per heavy atom. The van der Waals surface area contributed by atoms with Crippen molar-refractivity contribution < 1.29 is 4.74 Å². The number of aromatic nitrogens is 3. The van der Waals surface area contributed by atoms with Gasteiger partial charge >= 0.3 is 0 Å². The molecule has 35 heavy (non-hydrogen) atoms. The van der Waals surface area contributed by atoms with Crippen LogP contribution in [0, 0.1) is 0 Å². The minimum Gasteiger partial charge on any atom is -0.494 e. The minimum absolute atomic E-state index is 0.497. The van der Waals surface area contributed by atoms with E-state index in [4.69, 9.17) is 15.5 Å². The Balaban J connectivity index is 1.44. The Morgan fingerprint density at radius 2 is 1.91 bits per heavy atom. The Hall–Kier alpha value is -3.78. The Bertz CT molecular complexity index is 1340. The van der Waals surface area contributed by atoms with Crippen LogP contribution in [0.3, 0.4) is 0 Å². The van der Waals surface area contributed by atoms with Gasteiger partial charge in [0, 0.05) is 61.1 Å². The molecular weight excluding hydrogens is 438 g/mol. The zero-order chi connectivity index (χ0) is 24.5. The number of hydrogen-bond acceptors (Lipinski definition) is 7. The SMILES string of the molecule is COc1cc(N(C)CCN(C)C)c(N)cc1Nc1nccc(-c2cn(C3CC3)c3ccccc23)n1. The number of fused-ring (bicyclic) bond motifs is 1. The third-order valence-electron chi connectivity index (χ3n) is 6.50. The van der Waals surface area contributed by atoms with Crippen LogP contribution in [0.5, 0.6) is 5.75 Å². The van der Waals surface area contributed by atoms with Crippen LogP contribution in [-0.4, -0.2) is 60.8 Å². The number of para-hydroxylation sites is 1. The fourth-order valence-electron chi connectivity index (χ4n) is 4.41. The van der Waals surface area contributed by atoms with Crippen molar-refractivity contribution in [1.82, 2.24) is 19.4 Å². The second kappa shape index (κ2) is 9.46. The van der Waals surface area contributed by atoms with Gasteiger partial charge in [0.05, 0.1) is 29.9 Å². The quantitative estimate of drug-likeness (QED) is 0.340. The molecule has 2 aromatic heterocycles. The molecule has 182 valence electrons. The summed E-state index contributed by atoms with van der Waals surface area (Å²) in [5, 5.41) is 4.52. The first-order valence-electron chi connectivity index (χ1n) is 12.0. The van der Waals surface area contributed by atoms with E-state index in [0.29, 0.717) is 23.4 Å². The molecular formula is C27H33N7O. The van der Waals surface area contributed by atoms with E-state index in [1.165, 1.54) is 23.7 Å². The molecule has 0 amide bonds. The van der Waals surface area contributed by atoms with Gasteiger partial charge < -0.3 is 30.2 Å². The number of rotatable bonds is 9. The maximum Gasteiger partial charge on any atom is 0.227 e. The van der Waals surface area contributed by atoms with Gasteiger partial charge in [0.1, 0.15) is 5.75 Å². The molecule has 2 heterocycles. The van der Waals surface area contributed by atoms with Crippen molar-refractivity contribution in [2.45, 2.75) is 18.9 Å². The number of likely N-dealkylation sites (N-methyl/N-ethyl adjacent to an activating group) is 2. The molecule has 8 heteroatoms. The summed E-state index contributed by atoms with van der Waals surface area (Å²) in [5.41, 5.74) is 12.0. The Labute approximate surface area is 206 Å². The molecule has 1 aliphatic rings. The molecule has 0 saturated heterocycles. The third-order valence-corrected chi connectivity index (χ3v) is 6.50. The van der Waals surface area contributed by atoms with Gasteiger partial charge in [-0.3, -0.25) is 0 Å². The zero-order valence-corrected chi connectivity index (χ0v) is 20.8. The summed E-state index contributed by atoms with van der Waals surface area (Å²) >= 11 is 0. The lowest BCUT2D eigenvalue weighted by Gasteiger charge is -2.24. The highest BCUT2D eigenvalue weighted by Gasteiger charge is 2.26. The van der Waals surface area contributed by atoms with Crippen molar-refractivity contribution in [3.8, 4) is 17.0 Å². The monoisotopic (exact) mass is 471 g/mol. The maximum atomic E-state index is 6.43. The van der Waals surface area contributed by atoms with Crippen molar-refractivity contribution in [1.29, 1.82) is 0 Å². The molecule has 2 aromatic carbocycles. The third kappa shape index (κ3) is 4.74. The first-order valence-corrected chi connectivity index (χ1v) is 12.0. The molecule has 4 aromatic rings. The van der Waals surface area contributed by atoms with Crippen molar-refractivity contribution in [3.63, 3.8) is 0 Å². The second-order valence-corrected chi connectivity index (χ2v) is 9.42. The lowest BCUT2D eigenvalue weighted by Crippen LogP contribution is -2.29. The molecule has 8 nitrogen and oxygen atoms in total. The largest absolute Gasteiger partial charge is 0.494 e. The molecule has 3 N–H and O–H groups in total. The first-order chi connectivity index (χ1) is 16.9. The average molecular weight is 472 g/mol. The van der Waals surface area contributed by atoms with Crippen molar-refractivity contribution in [2.75, 3.05) is 57.3 Å². The van der Waals surface area contributed by atoms with E-state index in [2.05, 4.69) is 69.2 Å². The standard InChI is InChI=1S/C27H33N7O/c1-32(2)13-14-33(3)25-16-26(35-4)23(15-21(25)28)31-27-29-12-11-22(30-27)20-17-34(18-9-10-18)24-8-6-5-7-19(20)24/h5-8,11-12,15-18H,9-10,13-14,28H2,1-4H3,(H,29,30,31). The minimum atomic E-state index is 0.497. The number of ether oxygens (including phenoxy) is 1. The van der Waals surface area contributed by atoms with Gasteiger partial charge in [0.15, 0.2) is 0 Å². The number of nitrogens with one attached hydrogen (secondary N) is 1. The van der Waals surface area contributed by atoms with Crippen LogP contribution in [0.25, 0.3) is 22.2 Å². The van der Waals surface area contributed by atoms with Crippen LogP contribution >= 0.6 is 0 Å². The van der Waals surface area contributed by atoms with Crippen LogP contribution in [0.1, 0.15) is 18.9 Å². The van der Waals surface area contributed by atoms with Gasteiger partial charge in [-0.25, -0.2) is 9.97 Å². The number of methoxy groups -OCH3 is 1. The van der Waals surface area contributed by atoms with Crippen LogP contribution in [-0.2, 0) is 0 Å². The van der Waals surface area contributed by atoms with Crippen molar-refractivity contribution >= 4 is 33.9 Å². The zero-order valence-electron chi connectivity index (χ0n) is 20.8. The Kier molecular flexibility index (Phi) is 6.21. The fraction of sp³-hybridized carbons (Fsp3) is 0.333. The predicted molar refractivity (Wildman–Crippen MR) is 144 cm³/mol. The van der Waals surface area contributed by atoms with E-state index in [9.17, 15) is 0 Å². The molecule has 1 aliphatic carbocycles. The topological polar surface area (TPSA) is 84.5 Å². The van der Waals surface area contributed by atoms with Crippen molar-refractivity contribution in [2.24, 2.45) is 0 Å². The number of hydrogen-bond donors (Lipinski definition) is 2. The summed E-state index contributed by atoms with van der Waals surface area (Å²) < 4.78 is 8.07. The van der Waals surface area contributed by atoms with Crippen LogP contribution in [0.2, 0.25) is 0 Å². The van der Waals surface area contributed by atoms with Crippen LogP contribution in [0.15, 0.2) is 54.9 Å².